The van der Waals surface area contributed by atoms with Crippen LogP contribution in [0.15, 0.2) is 30.5 Å². The molecule has 2 rings (SSSR count). The van der Waals surface area contributed by atoms with Crippen molar-refractivity contribution < 1.29 is 5.11 Å². The molecule has 0 spiro atoms. The number of para-hydroxylation sites is 1. The molecule has 0 aliphatic carbocycles. The zero-order valence-corrected chi connectivity index (χ0v) is 8.83. The molecule has 1 unspecified atom stereocenters. The third kappa shape index (κ3) is 2.03. The van der Waals surface area contributed by atoms with Gasteiger partial charge in [0, 0.05) is 23.1 Å². The van der Waals surface area contributed by atoms with Crippen LogP contribution >= 0.6 is 0 Å². The lowest BCUT2D eigenvalue weighted by atomic mass is 10.1. The number of likely N-dealkylation sites (N-methyl/N-ethyl adjacent to an activating group) is 1. The molecule has 3 heteroatoms. The Morgan fingerprint density at radius 2 is 2.20 bits per heavy atom. The number of fused-ring (bicyclic) bond motifs is 1. The van der Waals surface area contributed by atoms with Gasteiger partial charge in [0.05, 0.1) is 6.61 Å². The van der Waals surface area contributed by atoms with E-state index in [0.717, 1.165) is 11.9 Å². The van der Waals surface area contributed by atoms with Gasteiger partial charge in [-0.2, -0.15) is 0 Å². The molecule has 0 aliphatic heterocycles. The van der Waals surface area contributed by atoms with Gasteiger partial charge in [0.1, 0.15) is 0 Å². The van der Waals surface area contributed by atoms with Gasteiger partial charge in [0.15, 0.2) is 0 Å². The summed E-state index contributed by atoms with van der Waals surface area (Å²) in [6, 6.07) is 8.35. The number of H-pyrrole nitrogens is 1. The number of benzene rings is 1. The number of hydrogen-bond donors (Lipinski definition) is 3. The molecule has 2 aromatic rings. The minimum atomic E-state index is 0.129. The van der Waals surface area contributed by atoms with Gasteiger partial charge in [-0.15, -0.1) is 0 Å². The lowest BCUT2D eigenvalue weighted by Crippen LogP contribution is -2.31. The fourth-order valence-electron chi connectivity index (χ4n) is 1.82. The second-order valence-electron chi connectivity index (χ2n) is 3.73. The van der Waals surface area contributed by atoms with E-state index in [0.29, 0.717) is 0 Å². The molecule has 0 saturated carbocycles. The Balaban J connectivity index is 2.28. The fourth-order valence-corrected chi connectivity index (χ4v) is 1.82. The summed E-state index contributed by atoms with van der Waals surface area (Å²) in [7, 11) is 1.87. The van der Waals surface area contributed by atoms with Crippen LogP contribution in [-0.2, 0) is 6.42 Å². The summed E-state index contributed by atoms with van der Waals surface area (Å²) >= 11 is 0. The van der Waals surface area contributed by atoms with Crippen LogP contribution in [0.5, 0.6) is 0 Å². The minimum absolute atomic E-state index is 0.129. The van der Waals surface area contributed by atoms with E-state index >= 15 is 0 Å². The lowest BCUT2D eigenvalue weighted by molar-refractivity contribution is 0.248. The molecular formula is C12H16N2O. The van der Waals surface area contributed by atoms with Gasteiger partial charge in [-0.05, 0) is 25.1 Å². The van der Waals surface area contributed by atoms with Crippen LogP contribution in [-0.4, -0.2) is 29.8 Å². The molecule has 0 amide bonds. The summed E-state index contributed by atoms with van der Waals surface area (Å²) < 4.78 is 0. The molecule has 1 atom stereocenters. The van der Waals surface area contributed by atoms with Gasteiger partial charge in [0.2, 0.25) is 0 Å². The summed E-state index contributed by atoms with van der Waals surface area (Å²) in [6.07, 6.45) is 2.86. The van der Waals surface area contributed by atoms with E-state index in [4.69, 9.17) is 5.11 Å². The van der Waals surface area contributed by atoms with Crippen LogP contribution in [0.4, 0.5) is 0 Å². The molecule has 3 N–H and O–H groups in total. The van der Waals surface area contributed by atoms with Crippen LogP contribution < -0.4 is 5.32 Å². The summed E-state index contributed by atoms with van der Waals surface area (Å²) in [5, 5.41) is 13.5. The SMILES string of the molecule is CNC(CO)Cc1c[nH]c2ccccc12. The average molecular weight is 204 g/mol. The van der Waals surface area contributed by atoms with Crippen LogP contribution in [0.25, 0.3) is 10.9 Å². The van der Waals surface area contributed by atoms with Gasteiger partial charge in [0.25, 0.3) is 0 Å². The van der Waals surface area contributed by atoms with Crippen molar-refractivity contribution >= 4 is 10.9 Å². The first-order valence-electron chi connectivity index (χ1n) is 5.18. The zero-order valence-electron chi connectivity index (χ0n) is 8.83. The van der Waals surface area contributed by atoms with Crippen molar-refractivity contribution in [3.63, 3.8) is 0 Å². The molecule has 0 radical (unpaired) electrons. The minimum Gasteiger partial charge on any atom is -0.395 e. The van der Waals surface area contributed by atoms with Crippen molar-refractivity contribution in [3.05, 3.63) is 36.0 Å². The van der Waals surface area contributed by atoms with Gasteiger partial charge in [-0.1, -0.05) is 18.2 Å². The highest BCUT2D eigenvalue weighted by Gasteiger charge is 2.09. The highest BCUT2D eigenvalue weighted by Crippen LogP contribution is 2.18. The Morgan fingerprint density at radius 1 is 1.40 bits per heavy atom. The predicted molar refractivity (Wildman–Crippen MR) is 61.9 cm³/mol. The second kappa shape index (κ2) is 4.47. The normalized spacial score (nSPS) is 13.2. The maximum Gasteiger partial charge on any atom is 0.0587 e. The van der Waals surface area contributed by atoms with E-state index in [9.17, 15) is 0 Å². The predicted octanol–water partition coefficient (Wildman–Crippen LogP) is 1.29. The van der Waals surface area contributed by atoms with E-state index in [1.807, 2.05) is 25.4 Å². The number of hydrogen-bond acceptors (Lipinski definition) is 2. The molecule has 0 saturated heterocycles. The Labute approximate surface area is 89.1 Å². The number of rotatable bonds is 4. The Kier molecular flexibility index (Phi) is 3.04. The summed E-state index contributed by atoms with van der Waals surface area (Å²) in [5.74, 6) is 0. The maximum atomic E-state index is 9.12. The van der Waals surface area contributed by atoms with E-state index in [2.05, 4.69) is 22.4 Å². The van der Waals surface area contributed by atoms with Crippen molar-refractivity contribution in [2.24, 2.45) is 0 Å². The maximum absolute atomic E-state index is 9.12. The van der Waals surface area contributed by atoms with Gasteiger partial charge in [-0.25, -0.2) is 0 Å². The molecule has 0 aliphatic rings. The van der Waals surface area contributed by atoms with Gasteiger partial charge in [-0.3, -0.25) is 0 Å². The summed E-state index contributed by atoms with van der Waals surface area (Å²) in [5.41, 5.74) is 2.40. The monoisotopic (exact) mass is 204 g/mol. The summed E-state index contributed by atoms with van der Waals surface area (Å²) in [6.45, 7) is 0.163. The van der Waals surface area contributed by atoms with Gasteiger partial charge < -0.3 is 15.4 Å². The molecule has 3 nitrogen and oxygen atoms in total. The Hall–Kier alpha value is -1.32. The zero-order chi connectivity index (χ0) is 10.7. The van der Waals surface area contributed by atoms with Crippen LogP contribution in [0, 0.1) is 0 Å². The van der Waals surface area contributed by atoms with Crippen LogP contribution in [0.1, 0.15) is 5.56 Å². The topological polar surface area (TPSA) is 48.0 Å². The van der Waals surface area contributed by atoms with Crippen molar-refractivity contribution in [3.8, 4) is 0 Å². The van der Waals surface area contributed by atoms with Crippen molar-refractivity contribution in [1.82, 2.24) is 10.3 Å². The molecular weight excluding hydrogens is 188 g/mol. The quantitative estimate of drug-likeness (QED) is 0.703. The first kappa shape index (κ1) is 10.2. The molecule has 15 heavy (non-hydrogen) atoms. The highest BCUT2D eigenvalue weighted by molar-refractivity contribution is 5.83. The second-order valence-corrected chi connectivity index (χ2v) is 3.73. The Morgan fingerprint density at radius 3 is 2.93 bits per heavy atom. The summed E-state index contributed by atoms with van der Waals surface area (Å²) in [4.78, 5) is 3.23. The third-order valence-electron chi connectivity index (χ3n) is 2.77. The molecule has 1 aromatic heterocycles. The van der Waals surface area contributed by atoms with E-state index < -0.39 is 0 Å². The Bertz CT molecular complexity index is 432. The van der Waals surface area contributed by atoms with Crippen molar-refractivity contribution in [2.45, 2.75) is 12.5 Å². The third-order valence-corrected chi connectivity index (χ3v) is 2.77. The molecule has 80 valence electrons. The van der Waals surface area contributed by atoms with Gasteiger partial charge >= 0.3 is 0 Å². The number of aromatic nitrogens is 1. The highest BCUT2D eigenvalue weighted by atomic mass is 16.3. The van der Waals surface area contributed by atoms with E-state index in [-0.39, 0.29) is 12.6 Å². The fraction of sp³-hybridized carbons (Fsp3) is 0.333. The van der Waals surface area contributed by atoms with Crippen LogP contribution in [0.2, 0.25) is 0 Å². The average Bonchev–Trinajstić information content (AvgIpc) is 2.69. The smallest absolute Gasteiger partial charge is 0.0587 e. The van der Waals surface area contributed by atoms with E-state index in [1.54, 1.807) is 0 Å². The van der Waals surface area contributed by atoms with Crippen LogP contribution in [0.3, 0.4) is 0 Å². The standard InChI is InChI=1S/C12H16N2O/c1-13-10(8-15)6-9-7-14-12-5-3-2-4-11(9)12/h2-5,7,10,13-15H,6,8H2,1H3. The molecule has 0 bridgehead atoms. The number of aliphatic hydroxyl groups is 1. The largest absolute Gasteiger partial charge is 0.395 e. The molecule has 0 fully saturated rings. The number of aromatic amines is 1. The molecule has 1 heterocycles. The number of aliphatic hydroxyl groups excluding tert-OH is 1. The van der Waals surface area contributed by atoms with Crippen molar-refractivity contribution in [2.75, 3.05) is 13.7 Å². The van der Waals surface area contributed by atoms with E-state index in [1.165, 1.54) is 10.9 Å². The lowest BCUT2D eigenvalue weighted by Gasteiger charge is -2.11. The number of nitrogens with one attached hydrogen (secondary N) is 2. The molecule has 1 aromatic carbocycles. The first-order chi connectivity index (χ1) is 7.35. The first-order valence-corrected chi connectivity index (χ1v) is 5.18. The van der Waals surface area contributed by atoms with Crippen molar-refractivity contribution in [1.29, 1.82) is 0 Å².